The number of para-hydroxylation sites is 1. The van der Waals surface area contributed by atoms with Crippen LogP contribution in [0, 0.1) is 0 Å². The molecule has 2 aromatic heterocycles. The summed E-state index contributed by atoms with van der Waals surface area (Å²) < 4.78 is 0. The Balaban J connectivity index is 1.61. The average molecular weight is 329 g/mol. The van der Waals surface area contributed by atoms with E-state index in [-0.39, 0.29) is 0 Å². The molecule has 1 aromatic carbocycles. The van der Waals surface area contributed by atoms with E-state index in [4.69, 9.17) is 11.6 Å². The van der Waals surface area contributed by atoms with Crippen LogP contribution in [0.2, 0.25) is 5.02 Å². The van der Waals surface area contributed by atoms with Gasteiger partial charge in [0.15, 0.2) is 0 Å². The van der Waals surface area contributed by atoms with Crippen molar-refractivity contribution in [3.8, 4) is 11.4 Å². The molecule has 1 fully saturated rings. The van der Waals surface area contributed by atoms with Crippen molar-refractivity contribution in [2.24, 2.45) is 0 Å². The Bertz CT molecular complexity index is 820. The number of imidazole rings is 1. The Morgan fingerprint density at radius 1 is 1.09 bits per heavy atom. The zero-order valence-corrected chi connectivity index (χ0v) is 13.6. The highest BCUT2D eigenvalue weighted by molar-refractivity contribution is 6.34. The lowest BCUT2D eigenvalue weighted by Crippen LogP contribution is -2.45. The number of fused-ring (bicyclic) bond motifs is 1. The SMILES string of the molecule is CN1CCN(c2ncc(-c3nc4c(Cl)cccc4[nH]3)cn2)CC1. The van der Waals surface area contributed by atoms with Gasteiger partial charge >= 0.3 is 0 Å². The van der Waals surface area contributed by atoms with Crippen molar-refractivity contribution in [3.05, 3.63) is 35.6 Å². The lowest BCUT2D eigenvalue weighted by molar-refractivity contribution is 0.311. The molecule has 0 saturated carbocycles. The van der Waals surface area contributed by atoms with Crippen molar-refractivity contribution >= 4 is 28.6 Å². The van der Waals surface area contributed by atoms with Gasteiger partial charge in [-0.15, -0.1) is 0 Å². The second kappa shape index (κ2) is 5.79. The van der Waals surface area contributed by atoms with Gasteiger partial charge in [-0.25, -0.2) is 15.0 Å². The van der Waals surface area contributed by atoms with Crippen molar-refractivity contribution in [2.75, 3.05) is 38.1 Å². The third kappa shape index (κ3) is 2.75. The van der Waals surface area contributed by atoms with E-state index < -0.39 is 0 Å². The van der Waals surface area contributed by atoms with Crippen LogP contribution in [0.4, 0.5) is 5.95 Å². The van der Waals surface area contributed by atoms with Crippen LogP contribution < -0.4 is 4.90 Å². The maximum Gasteiger partial charge on any atom is 0.225 e. The fourth-order valence-corrected chi connectivity index (χ4v) is 2.96. The van der Waals surface area contributed by atoms with E-state index in [9.17, 15) is 0 Å². The summed E-state index contributed by atoms with van der Waals surface area (Å²) in [5, 5.41) is 0.639. The number of benzene rings is 1. The fourth-order valence-electron chi connectivity index (χ4n) is 2.75. The molecule has 0 bridgehead atoms. The molecule has 1 aliphatic rings. The summed E-state index contributed by atoms with van der Waals surface area (Å²) >= 11 is 6.17. The molecule has 0 spiro atoms. The quantitative estimate of drug-likeness (QED) is 0.783. The van der Waals surface area contributed by atoms with Crippen molar-refractivity contribution in [1.82, 2.24) is 24.8 Å². The number of halogens is 1. The van der Waals surface area contributed by atoms with Crippen LogP contribution in [0.25, 0.3) is 22.4 Å². The monoisotopic (exact) mass is 328 g/mol. The number of nitrogens with zero attached hydrogens (tertiary/aromatic N) is 5. The minimum atomic E-state index is 0.639. The largest absolute Gasteiger partial charge is 0.338 e. The Morgan fingerprint density at radius 2 is 1.83 bits per heavy atom. The van der Waals surface area contributed by atoms with E-state index in [1.54, 1.807) is 0 Å². The van der Waals surface area contributed by atoms with Crippen LogP contribution in [0.3, 0.4) is 0 Å². The number of aromatic amines is 1. The Hall–Kier alpha value is -2.18. The van der Waals surface area contributed by atoms with Gasteiger partial charge in [0.1, 0.15) is 11.3 Å². The van der Waals surface area contributed by atoms with Gasteiger partial charge in [-0.2, -0.15) is 0 Å². The van der Waals surface area contributed by atoms with Crippen LogP contribution in [0.5, 0.6) is 0 Å². The van der Waals surface area contributed by atoms with Crippen LogP contribution in [0.15, 0.2) is 30.6 Å². The second-order valence-electron chi connectivity index (χ2n) is 5.78. The first kappa shape index (κ1) is 14.4. The predicted octanol–water partition coefficient (Wildman–Crippen LogP) is 2.43. The standard InChI is InChI=1S/C16H17ClN6/c1-22-5-7-23(8-6-22)16-18-9-11(10-19-16)15-20-13-4-2-3-12(17)14(13)21-15/h2-4,9-10H,5-8H2,1H3,(H,20,21). The molecule has 1 N–H and O–H groups in total. The van der Waals surface area contributed by atoms with Gasteiger partial charge in [-0.3, -0.25) is 0 Å². The highest BCUT2D eigenvalue weighted by Gasteiger charge is 2.16. The van der Waals surface area contributed by atoms with Gasteiger partial charge in [0.25, 0.3) is 0 Å². The zero-order chi connectivity index (χ0) is 15.8. The van der Waals surface area contributed by atoms with Gasteiger partial charge in [0.2, 0.25) is 5.95 Å². The highest BCUT2D eigenvalue weighted by Crippen LogP contribution is 2.25. The molecule has 3 aromatic rings. The van der Waals surface area contributed by atoms with Crippen molar-refractivity contribution in [3.63, 3.8) is 0 Å². The maximum absolute atomic E-state index is 6.17. The van der Waals surface area contributed by atoms with Gasteiger partial charge < -0.3 is 14.8 Å². The maximum atomic E-state index is 6.17. The first-order chi connectivity index (χ1) is 11.2. The third-order valence-electron chi connectivity index (χ3n) is 4.16. The molecule has 23 heavy (non-hydrogen) atoms. The number of hydrogen-bond acceptors (Lipinski definition) is 5. The van der Waals surface area contributed by atoms with Gasteiger partial charge in [-0.1, -0.05) is 17.7 Å². The molecule has 0 unspecified atom stereocenters. The first-order valence-electron chi connectivity index (χ1n) is 7.61. The normalized spacial score (nSPS) is 16.2. The van der Waals surface area contributed by atoms with E-state index in [0.29, 0.717) is 5.02 Å². The van der Waals surface area contributed by atoms with Crippen LogP contribution in [-0.4, -0.2) is 58.1 Å². The topological polar surface area (TPSA) is 60.9 Å². The second-order valence-corrected chi connectivity index (χ2v) is 6.19. The summed E-state index contributed by atoms with van der Waals surface area (Å²) in [4.78, 5) is 21.3. The molecule has 1 saturated heterocycles. The summed E-state index contributed by atoms with van der Waals surface area (Å²) in [6.07, 6.45) is 3.62. The molecule has 4 rings (SSSR count). The molecule has 7 heteroatoms. The molecule has 6 nitrogen and oxygen atoms in total. The number of likely N-dealkylation sites (N-methyl/N-ethyl adjacent to an activating group) is 1. The molecule has 0 atom stereocenters. The molecule has 0 radical (unpaired) electrons. The van der Waals surface area contributed by atoms with E-state index in [2.05, 4.69) is 36.8 Å². The molecule has 0 amide bonds. The van der Waals surface area contributed by atoms with E-state index in [1.165, 1.54) is 0 Å². The minimum Gasteiger partial charge on any atom is -0.338 e. The fraction of sp³-hybridized carbons (Fsp3) is 0.312. The summed E-state index contributed by atoms with van der Waals surface area (Å²) in [6, 6.07) is 5.69. The number of piperazine rings is 1. The molecule has 1 aliphatic heterocycles. The molecule has 118 valence electrons. The van der Waals surface area contributed by atoms with Crippen LogP contribution in [-0.2, 0) is 0 Å². The zero-order valence-electron chi connectivity index (χ0n) is 12.8. The summed E-state index contributed by atoms with van der Waals surface area (Å²) in [5.74, 6) is 1.51. The number of hydrogen-bond donors (Lipinski definition) is 1. The van der Waals surface area contributed by atoms with Crippen molar-refractivity contribution < 1.29 is 0 Å². The first-order valence-corrected chi connectivity index (χ1v) is 7.98. The summed E-state index contributed by atoms with van der Waals surface area (Å²) in [6.45, 7) is 3.98. The number of aromatic nitrogens is 4. The number of anilines is 1. The average Bonchev–Trinajstić information content (AvgIpc) is 3.01. The highest BCUT2D eigenvalue weighted by atomic mass is 35.5. The smallest absolute Gasteiger partial charge is 0.225 e. The lowest BCUT2D eigenvalue weighted by atomic mass is 10.3. The van der Waals surface area contributed by atoms with Gasteiger partial charge in [0.05, 0.1) is 16.1 Å². The molecule has 3 heterocycles. The van der Waals surface area contributed by atoms with E-state index >= 15 is 0 Å². The van der Waals surface area contributed by atoms with E-state index in [0.717, 1.165) is 54.5 Å². The van der Waals surface area contributed by atoms with Gasteiger partial charge in [-0.05, 0) is 19.2 Å². The minimum absolute atomic E-state index is 0.639. The molecule has 0 aliphatic carbocycles. The Labute approximate surface area is 139 Å². The Kier molecular flexibility index (Phi) is 3.63. The number of H-pyrrole nitrogens is 1. The van der Waals surface area contributed by atoms with Crippen molar-refractivity contribution in [2.45, 2.75) is 0 Å². The Morgan fingerprint density at radius 3 is 2.52 bits per heavy atom. The van der Waals surface area contributed by atoms with Crippen LogP contribution >= 0.6 is 11.6 Å². The summed E-state index contributed by atoms with van der Waals surface area (Å²) in [5.41, 5.74) is 2.54. The molecular formula is C16H17ClN6. The van der Waals surface area contributed by atoms with Crippen LogP contribution in [0.1, 0.15) is 0 Å². The van der Waals surface area contributed by atoms with Crippen molar-refractivity contribution in [1.29, 1.82) is 0 Å². The third-order valence-corrected chi connectivity index (χ3v) is 4.47. The predicted molar refractivity (Wildman–Crippen MR) is 91.8 cm³/mol. The number of nitrogens with one attached hydrogen (secondary N) is 1. The summed E-state index contributed by atoms with van der Waals surface area (Å²) in [7, 11) is 2.13. The van der Waals surface area contributed by atoms with E-state index in [1.807, 2.05) is 30.6 Å². The lowest BCUT2D eigenvalue weighted by Gasteiger charge is -2.32. The number of rotatable bonds is 2. The molecular weight excluding hydrogens is 312 g/mol. The van der Waals surface area contributed by atoms with Gasteiger partial charge in [0, 0.05) is 38.6 Å².